The first-order valence-electron chi connectivity index (χ1n) is 17.1. The summed E-state index contributed by atoms with van der Waals surface area (Å²) in [5, 5.41) is 35.4. The third-order valence-electron chi connectivity index (χ3n) is 8.48. The number of halogens is 1. The maximum absolute atomic E-state index is 12.7. The number of carbonyl (C=O) groups is 4. The van der Waals surface area contributed by atoms with Crippen molar-refractivity contribution in [2.75, 3.05) is 13.1 Å². The van der Waals surface area contributed by atoms with Crippen LogP contribution in [0.3, 0.4) is 0 Å². The summed E-state index contributed by atoms with van der Waals surface area (Å²) in [6, 6.07) is 7.26. The monoisotopic (exact) mass is 720 g/mol. The highest BCUT2D eigenvalue weighted by molar-refractivity contribution is 6.01. The van der Waals surface area contributed by atoms with Crippen LogP contribution in [0.25, 0.3) is 12.2 Å². The molecule has 0 aliphatic carbocycles. The van der Waals surface area contributed by atoms with Gasteiger partial charge in [-0.1, -0.05) is 60.2 Å². The molecule has 11 nitrogen and oxygen atoms in total. The van der Waals surface area contributed by atoms with Crippen molar-refractivity contribution in [3.8, 4) is 5.75 Å². The van der Waals surface area contributed by atoms with Crippen LogP contribution in [0.1, 0.15) is 88.1 Å². The predicted octanol–water partition coefficient (Wildman–Crippen LogP) is 4.72. The molecule has 5 rings (SSSR count). The Morgan fingerprint density at radius 1 is 0.692 bits per heavy atom. The Morgan fingerprint density at radius 3 is 1.87 bits per heavy atom. The number of nitrogens with one attached hydrogen (secondary N) is 2. The fourth-order valence-electron chi connectivity index (χ4n) is 6.15. The summed E-state index contributed by atoms with van der Waals surface area (Å²) in [4.78, 5) is 49.2. The van der Waals surface area contributed by atoms with Gasteiger partial charge in [-0.05, 0) is 101 Å². The van der Waals surface area contributed by atoms with E-state index in [4.69, 9.17) is 9.47 Å². The number of hydrogen-bond acceptors (Lipinski definition) is 9. The molecular weight excluding hydrogens is 671 g/mol. The second kappa shape index (κ2) is 18.7. The van der Waals surface area contributed by atoms with Gasteiger partial charge in [-0.2, -0.15) is 0 Å². The summed E-state index contributed by atoms with van der Waals surface area (Å²) in [6.07, 6.45) is 10.9. The lowest BCUT2D eigenvalue weighted by Crippen LogP contribution is -2.32. The van der Waals surface area contributed by atoms with Crippen LogP contribution in [0.5, 0.6) is 5.75 Å². The minimum Gasteiger partial charge on any atom is -0.507 e. The number of rotatable bonds is 0. The van der Waals surface area contributed by atoms with Gasteiger partial charge in [0.05, 0.1) is 17.8 Å². The van der Waals surface area contributed by atoms with E-state index in [1.165, 1.54) is 24.3 Å². The molecule has 2 aromatic carbocycles. The molecule has 2 amide bonds. The van der Waals surface area contributed by atoms with Crippen molar-refractivity contribution in [3.63, 3.8) is 0 Å². The summed E-state index contributed by atoms with van der Waals surface area (Å²) in [5.41, 5.74) is 5.05. The fraction of sp³-hybridized carbons (Fsp3) is 0.400. The number of hydrogen-bond donors (Lipinski definition) is 5. The summed E-state index contributed by atoms with van der Waals surface area (Å²) in [7, 11) is 0. The van der Waals surface area contributed by atoms with Crippen molar-refractivity contribution < 1.29 is 48.7 Å². The molecule has 0 radical (unpaired) electrons. The molecule has 5 N–H and O–H groups in total. The van der Waals surface area contributed by atoms with Crippen LogP contribution in [0.2, 0.25) is 0 Å². The number of amides is 2. The molecular formula is C40H49FN2O9. The first-order valence-corrected chi connectivity index (χ1v) is 17.1. The van der Waals surface area contributed by atoms with E-state index in [1.807, 2.05) is 52.0 Å². The molecule has 0 saturated carbocycles. The van der Waals surface area contributed by atoms with E-state index in [-0.39, 0.29) is 46.8 Å². The number of aliphatic hydroxyl groups is 2. The summed E-state index contributed by atoms with van der Waals surface area (Å²) in [6.45, 7) is 10.1. The van der Waals surface area contributed by atoms with E-state index in [9.17, 15) is 34.5 Å². The SMILES string of the molecule is Cc1cc(C)c2c(c1)/C=C/C[C@@H]1OC(C)(C)OC1C(=O)/C=C\CCNC2=O.Cc1cc(O)c2c(c1)/C=C/C[C@H](O)C(O)C(=O)/C=C\CCNC2=O.F. The highest BCUT2D eigenvalue weighted by Crippen LogP contribution is 2.31. The van der Waals surface area contributed by atoms with Crippen molar-refractivity contribution in [3.05, 3.63) is 99.7 Å². The zero-order chi connectivity index (χ0) is 37.3. The largest absolute Gasteiger partial charge is 0.507 e. The lowest BCUT2D eigenvalue weighted by molar-refractivity contribution is -0.152. The minimum atomic E-state index is -1.49. The summed E-state index contributed by atoms with van der Waals surface area (Å²) >= 11 is 0. The Hall–Kier alpha value is -4.75. The van der Waals surface area contributed by atoms with E-state index in [0.29, 0.717) is 36.9 Å². The van der Waals surface area contributed by atoms with Crippen molar-refractivity contribution in [2.24, 2.45) is 0 Å². The van der Waals surface area contributed by atoms with Crippen molar-refractivity contribution in [1.29, 1.82) is 0 Å². The van der Waals surface area contributed by atoms with Gasteiger partial charge in [0.25, 0.3) is 11.8 Å². The maximum Gasteiger partial charge on any atom is 0.255 e. The topological polar surface area (TPSA) is 171 Å². The van der Waals surface area contributed by atoms with Crippen LogP contribution < -0.4 is 10.6 Å². The molecule has 0 bridgehead atoms. The molecule has 0 aromatic heterocycles. The number of phenolic OH excluding ortho intramolecular Hbond substituents is 1. The number of aryl methyl sites for hydroxylation is 3. The van der Waals surface area contributed by atoms with Crippen LogP contribution in [0, 0.1) is 20.8 Å². The van der Waals surface area contributed by atoms with E-state index in [0.717, 1.165) is 22.3 Å². The Kier molecular flexibility index (Phi) is 14.9. The van der Waals surface area contributed by atoms with Crippen LogP contribution in [-0.4, -0.2) is 82.0 Å². The van der Waals surface area contributed by atoms with Gasteiger partial charge in [0, 0.05) is 18.7 Å². The van der Waals surface area contributed by atoms with E-state index in [1.54, 1.807) is 31.2 Å². The number of aromatic hydroxyl groups is 1. The number of carbonyl (C=O) groups excluding carboxylic acids is 4. The number of fused-ring (bicyclic) bond motifs is 3. The second-order valence-corrected chi connectivity index (χ2v) is 13.4. The molecule has 2 aromatic rings. The Morgan fingerprint density at radius 2 is 1.23 bits per heavy atom. The standard InChI is InChI=1S/C22H27NO4.C18H21NO5.FH/c1-14-12-15(2)19-16(13-14)8-7-10-18-20(27-22(3,4)26-18)17(24)9-5-6-11-23-21(19)25;1-11-9-12-5-4-7-14(21)17(23)13(20)6-2-3-8-19-18(24)16(12)15(22)10-11;/h5,7-9,12-13,18,20H,6,10-11H2,1-4H3,(H,23,25);2,4-6,9-10,14,17,21-23H,3,7-8H2,1H3,(H,19,24);1H/b8-7+,9-5-;5-4+,6-2-;/t18-,20?;14-,17?;/m00./s1. The van der Waals surface area contributed by atoms with Crippen LogP contribution in [0.15, 0.2) is 60.7 Å². The van der Waals surface area contributed by atoms with E-state index in [2.05, 4.69) is 10.6 Å². The van der Waals surface area contributed by atoms with Crippen LogP contribution in [-0.2, 0) is 19.1 Å². The molecule has 3 aliphatic rings. The van der Waals surface area contributed by atoms with E-state index < -0.39 is 35.8 Å². The molecule has 52 heavy (non-hydrogen) atoms. The molecule has 3 heterocycles. The molecule has 3 aliphatic heterocycles. The number of ether oxygens (including phenoxy) is 2. The summed E-state index contributed by atoms with van der Waals surface area (Å²) < 4.78 is 11.8. The number of phenols is 1. The molecule has 280 valence electrons. The normalized spacial score (nSPS) is 26.1. The van der Waals surface area contributed by atoms with Crippen molar-refractivity contribution in [2.45, 2.75) is 90.5 Å². The molecule has 4 atom stereocenters. The lowest BCUT2D eigenvalue weighted by Gasteiger charge is -2.16. The zero-order valence-corrected chi connectivity index (χ0v) is 30.2. The minimum absolute atomic E-state index is 0. The Labute approximate surface area is 303 Å². The molecule has 1 fully saturated rings. The molecule has 12 heteroatoms. The second-order valence-electron chi connectivity index (χ2n) is 13.4. The van der Waals surface area contributed by atoms with Gasteiger partial charge in [0.1, 0.15) is 18.0 Å². The van der Waals surface area contributed by atoms with Crippen molar-refractivity contribution >= 4 is 35.5 Å². The first-order chi connectivity index (χ1) is 24.2. The van der Waals surface area contributed by atoms with Gasteiger partial charge in [0.2, 0.25) is 0 Å². The third kappa shape index (κ3) is 11.1. The zero-order valence-electron chi connectivity index (χ0n) is 30.2. The molecule has 1 saturated heterocycles. The smallest absolute Gasteiger partial charge is 0.255 e. The summed E-state index contributed by atoms with van der Waals surface area (Å²) in [5.74, 6) is -2.09. The number of benzene rings is 2. The van der Waals surface area contributed by atoms with Crippen molar-refractivity contribution in [1.82, 2.24) is 10.6 Å². The Bertz CT molecular complexity index is 1760. The van der Waals surface area contributed by atoms with Crippen LogP contribution >= 0.6 is 0 Å². The van der Waals surface area contributed by atoms with E-state index >= 15 is 0 Å². The third-order valence-corrected chi connectivity index (χ3v) is 8.48. The van der Waals surface area contributed by atoms with Gasteiger partial charge in [-0.15, -0.1) is 0 Å². The van der Waals surface area contributed by atoms with Gasteiger partial charge >= 0.3 is 0 Å². The highest BCUT2D eigenvalue weighted by atomic mass is 19.0. The average molecular weight is 721 g/mol. The maximum atomic E-state index is 12.7. The number of aliphatic hydroxyl groups excluding tert-OH is 2. The fourth-order valence-corrected chi connectivity index (χ4v) is 6.15. The first kappa shape index (κ1) is 41.7. The highest BCUT2D eigenvalue weighted by Gasteiger charge is 2.43. The van der Waals surface area contributed by atoms with Gasteiger partial charge in [0.15, 0.2) is 17.4 Å². The average Bonchev–Trinajstić information content (AvgIpc) is 3.36. The quantitative estimate of drug-likeness (QED) is 0.258. The molecule has 0 spiro atoms. The molecule has 2 unspecified atom stereocenters. The van der Waals surface area contributed by atoms with Gasteiger partial charge < -0.3 is 35.4 Å². The van der Waals surface area contributed by atoms with Gasteiger partial charge in [-0.25, -0.2) is 0 Å². The number of ketones is 2. The van der Waals surface area contributed by atoms with Crippen LogP contribution in [0.4, 0.5) is 4.70 Å². The Balaban J connectivity index is 0.000000277. The van der Waals surface area contributed by atoms with Gasteiger partial charge in [-0.3, -0.25) is 23.9 Å². The predicted molar refractivity (Wildman–Crippen MR) is 197 cm³/mol. The lowest BCUT2D eigenvalue weighted by atomic mass is 9.96.